The third-order valence-corrected chi connectivity index (χ3v) is 6.37. The number of carboxylic acids is 2. The van der Waals surface area contributed by atoms with Crippen molar-refractivity contribution in [3.05, 3.63) is 35.4 Å². The summed E-state index contributed by atoms with van der Waals surface area (Å²) in [6.45, 7) is 1.29. The van der Waals surface area contributed by atoms with Crippen LogP contribution in [0, 0.1) is 11.3 Å². The molecule has 1 aromatic rings. The van der Waals surface area contributed by atoms with Gasteiger partial charge in [0.25, 0.3) is 0 Å². The number of nitriles is 1. The Bertz CT molecular complexity index is 1040. The molecule has 2 rings (SSSR count). The number of carbonyl (C=O) groups is 4. The molecule has 1 aliphatic heterocycles. The molecule has 216 valence electrons. The van der Waals surface area contributed by atoms with Crippen molar-refractivity contribution in [2.45, 2.75) is 44.1 Å². The van der Waals surface area contributed by atoms with Crippen LogP contribution < -0.4 is 11.1 Å². The molecule has 1 aromatic carbocycles. The largest absolute Gasteiger partial charge is 0.490 e. The fourth-order valence-electron chi connectivity index (χ4n) is 3.90. The van der Waals surface area contributed by atoms with Crippen molar-refractivity contribution in [1.82, 2.24) is 15.1 Å². The van der Waals surface area contributed by atoms with Crippen LogP contribution in [0.5, 0.6) is 0 Å². The average molecular weight is 576 g/mol. The van der Waals surface area contributed by atoms with Gasteiger partial charge in [-0.2, -0.15) is 30.2 Å². The Morgan fingerprint density at radius 2 is 1.92 bits per heavy atom. The zero-order valence-electron chi connectivity index (χ0n) is 21.3. The third-order valence-electron chi connectivity index (χ3n) is 5.73. The second kappa shape index (κ2) is 16.6. The Kier molecular flexibility index (Phi) is 14.3. The molecular weight excluding hydrogens is 543 g/mol. The van der Waals surface area contributed by atoms with Gasteiger partial charge in [-0.1, -0.05) is 18.2 Å². The van der Waals surface area contributed by atoms with Crippen molar-refractivity contribution >= 4 is 35.5 Å². The van der Waals surface area contributed by atoms with Crippen molar-refractivity contribution in [3.63, 3.8) is 0 Å². The van der Waals surface area contributed by atoms with E-state index in [0.717, 1.165) is 18.4 Å². The molecule has 1 saturated heterocycles. The molecule has 0 saturated carbocycles. The summed E-state index contributed by atoms with van der Waals surface area (Å²) in [5, 5.41) is 28.6. The summed E-state index contributed by atoms with van der Waals surface area (Å²) < 4.78 is 31.7. The molecule has 0 aliphatic carbocycles. The van der Waals surface area contributed by atoms with Crippen LogP contribution in [0.4, 0.5) is 13.2 Å². The lowest BCUT2D eigenvalue weighted by atomic mass is 10.1. The number of nitrogens with one attached hydrogen (secondary N) is 1. The first-order valence-corrected chi connectivity index (χ1v) is 13.2. The van der Waals surface area contributed by atoms with Gasteiger partial charge >= 0.3 is 18.1 Å². The molecule has 0 radical (unpaired) electrons. The Balaban J connectivity index is 0.000000956. The normalized spacial score (nSPS) is 15.6. The molecule has 0 bridgehead atoms. The predicted molar refractivity (Wildman–Crippen MR) is 136 cm³/mol. The number of halogens is 3. The number of carboxylic acid groups (broad SMARTS) is 2. The van der Waals surface area contributed by atoms with E-state index in [1.807, 2.05) is 23.3 Å². The molecule has 0 aromatic heterocycles. The smallest absolute Gasteiger partial charge is 0.480 e. The molecule has 2 atom stereocenters. The van der Waals surface area contributed by atoms with Crippen molar-refractivity contribution in [2.24, 2.45) is 5.73 Å². The Morgan fingerprint density at radius 1 is 1.28 bits per heavy atom. The van der Waals surface area contributed by atoms with Crippen molar-refractivity contribution in [1.29, 1.82) is 5.26 Å². The highest BCUT2D eigenvalue weighted by Gasteiger charge is 2.38. The summed E-state index contributed by atoms with van der Waals surface area (Å²) in [7, 11) is 0. The summed E-state index contributed by atoms with van der Waals surface area (Å²) in [4.78, 5) is 48.9. The van der Waals surface area contributed by atoms with E-state index >= 15 is 0 Å². The first kappa shape index (κ1) is 33.7. The molecule has 2 amide bonds. The maximum atomic E-state index is 12.7. The van der Waals surface area contributed by atoms with Crippen LogP contribution in [0.3, 0.4) is 0 Å². The number of hydrogen-bond donors (Lipinski definition) is 4. The van der Waals surface area contributed by atoms with Gasteiger partial charge in [0.2, 0.25) is 11.8 Å². The molecule has 1 fully saturated rings. The van der Waals surface area contributed by atoms with Gasteiger partial charge < -0.3 is 26.2 Å². The lowest BCUT2D eigenvalue weighted by molar-refractivity contribution is -0.192. The minimum absolute atomic E-state index is 0.0377. The number of amides is 2. The number of benzene rings is 1. The number of likely N-dealkylation sites (tertiary alicyclic amines) is 1. The van der Waals surface area contributed by atoms with Crippen molar-refractivity contribution in [3.8, 4) is 6.07 Å². The molecule has 1 heterocycles. The highest BCUT2D eigenvalue weighted by molar-refractivity contribution is 7.98. The van der Waals surface area contributed by atoms with E-state index in [1.165, 1.54) is 11.8 Å². The topological polar surface area (TPSA) is 177 Å². The monoisotopic (exact) mass is 575 g/mol. The lowest BCUT2D eigenvalue weighted by Crippen LogP contribution is -2.49. The van der Waals surface area contributed by atoms with Gasteiger partial charge in [-0.15, -0.1) is 0 Å². The number of alkyl halides is 3. The standard InChI is InChI=1S/C22H31N5O4S.C2HF3O2/c1-32-10-8-19(22(30)31)25-20(28)15-26(13-17-6-3-2-5-16(17)11-23)14-18-7-4-9-27(18)21(29)12-24;3-2(4,5)1(6)7/h2-3,5-6,18-19H,4,7-10,12-15,24H2,1H3,(H,25,28)(H,30,31);(H,6,7)/t18-,19-;/m0./s1. The Hall–Kier alpha value is -3.35. The van der Waals surface area contributed by atoms with Crippen molar-refractivity contribution in [2.75, 3.05) is 38.2 Å². The second-order valence-electron chi connectivity index (χ2n) is 8.57. The van der Waals surface area contributed by atoms with Gasteiger partial charge in [0.05, 0.1) is 24.7 Å². The third kappa shape index (κ3) is 11.9. The van der Waals surface area contributed by atoms with E-state index in [9.17, 15) is 37.9 Å². The highest BCUT2D eigenvalue weighted by Crippen LogP contribution is 2.20. The van der Waals surface area contributed by atoms with Gasteiger partial charge in [-0.05, 0) is 42.9 Å². The summed E-state index contributed by atoms with van der Waals surface area (Å²) >= 11 is 1.52. The lowest BCUT2D eigenvalue weighted by Gasteiger charge is -2.31. The Morgan fingerprint density at radius 3 is 2.46 bits per heavy atom. The van der Waals surface area contributed by atoms with E-state index in [1.54, 1.807) is 17.0 Å². The number of hydrogen-bond acceptors (Lipinski definition) is 8. The van der Waals surface area contributed by atoms with Crippen LogP contribution in [0.15, 0.2) is 24.3 Å². The van der Waals surface area contributed by atoms with Gasteiger partial charge in [0.15, 0.2) is 0 Å². The van der Waals surface area contributed by atoms with E-state index in [4.69, 9.17) is 15.6 Å². The number of aliphatic carboxylic acids is 2. The number of nitrogens with zero attached hydrogens (tertiary/aromatic N) is 3. The first-order chi connectivity index (χ1) is 18.3. The fraction of sp³-hybridized carbons (Fsp3) is 0.542. The van der Waals surface area contributed by atoms with E-state index in [0.29, 0.717) is 37.4 Å². The molecule has 15 heteroatoms. The zero-order chi connectivity index (χ0) is 29.6. The molecule has 1 aliphatic rings. The van der Waals surface area contributed by atoms with Gasteiger partial charge in [-0.3, -0.25) is 14.5 Å². The molecule has 39 heavy (non-hydrogen) atoms. The van der Waals surface area contributed by atoms with Crippen LogP contribution in [0.25, 0.3) is 0 Å². The highest BCUT2D eigenvalue weighted by atomic mass is 32.2. The van der Waals surface area contributed by atoms with Crippen LogP contribution in [-0.4, -0.2) is 100 Å². The van der Waals surface area contributed by atoms with E-state index in [-0.39, 0.29) is 25.0 Å². The number of thioether (sulfide) groups is 1. The molecule has 11 nitrogen and oxygen atoms in total. The number of nitrogens with two attached hydrogens (primary N) is 1. The minimum atomic E-state index is -5.08. The van der Waals surface area contributed by atoms with Gasteiger partial charge in [0, 0.05) is 25.7 Å². The molecule has 5 N–H and O–H groups in total. The molecular formula is C24H32F3N5O6S. The number of carbonyl (C=O) groups excluding carboxylic acids is 2. The van der Waals surface area contributed by atoms with Gasteiger partial charge in [0.1, 0.15) is 6.04 Å². The van der Waals surface area contributed by atoms with Gasteiger partial charge in [-0.25, -0.2) is 9.59 Å². The molecule has 0 spiro atoms. The SMILES string of the molecule is CSCC[C@H](NC(=O)CN(Cc1ccccc1C#N)C[C@@H]1CCCN1C(=O)CN)C(=O)O.O=C(O)C(F)(F)F. The minimum Gasteiger partial charge on any atom is -0.480 e. The predicted octanol–water partition coefficient (Wildman–Crippen LogP) is 1.27. The van der Waals surface area contributed by atoms with E-state index < -0.39 is 30.1 Å². The maximum absolute atomic E-state index is 12.7. The zero-order valence-corrected chi connectivity index (χ0v) is 22.1. The summed E-state index contributed by atoms with van der Waals surface area (Å²) in [5.74, 6) is -3.73. The van der Waals surface area contributed by atoms with Crippen LogP contribution in [0.1, 0.15) is 30.4 Å². The average Bonchev–Trinajstić information content (AvgIpc) is 3.34. The quantitative estimate of drug-likeness (QED) is 0.284. The first-order valence-electron chi connectivity index (χ1n) is 11.8. The maximum Gasteiger partial charge on any atom is 0.490 e. The summed E-state index contributed by atoms with van der Waals surface area (Å²) in [6.07, 6.45) is -1.21. The Labute approximate surface area is 228 Å². The molecule has 0 unspecified atom stereocenters. The van der Waals surface area contributed by atoms with Crippen LogP contribution in [0.2, 0.25) is 0 Å². The van der Waals surface area contributed by atoms with Crippen molar-refractivity contribution < 1.29 is 42.6 Å². The van der Waals surface area contributed by atoms with Crippen LogP contribution >= 0.6 is 11.8 Å². The second-order valence-corrected chi connectivity index (χ2v) is 9.55. The fourth-order valence-corrected chi connectivity index (χ4v) is 4.37. The summed E-state index contributed by atoms with van der Waals surface area (Å²) in [5.41, 5.74) is 6.84. The summed E-state index contributed by atoms with van der Waals surface area (Å²) in [6, 6.07) is 8.29. The number of rotatable bonds is 12. The van der Waals surface area contributed by atoms with Crippen LogP contribution in [-0.2, 0) is 25.7 Å². The van der Waals surface area contributed by atoms with E-state index in [2.05, 4.69) is 11.4 Å².